The maximum absolute atomic E-state index is 5.98. The van der Waals surface area contributed by atoms with E-state index in [1.165, 1.54) is 29.0 Å². The van der Waals surface area contributed by atoms with Crippen LogP contribution in [0.1, 0.15) is 42.4 Å². The molecule has 2 unspecified atom stereocenters. The number of aryl methyl sites for hydroxylation is 1. The summed E-state index contributed by atoms with van der Waals surface area (Å²) in [6.07, 6.45) is 6.07. The molecule has 90 valence electrons. The number of hydrogen-bond acceptors (Lipinski definition) is 3. The van der Waals surface area contributed by atoms with Crippen molar-refractivity contribution in [2.45, 2.75) is 57.7 Å². The molecule has 0 saturated heterocycles. The Bertz CT molecular complexity index is 321. The number of thiophene rings is 1. The smallest absolute Gasteiger partial charge is 0.0302 e. The number of nitrogens with one attached hydrogen (secondary N) is 1. The summed E-state index contributed by atoms with van der Waals surface area (Å²) in [7, 11) is 0. The van der Waals surface area contributed by atoms with Crippen molar-refractivity contribution in [3.63, 3.8) is 0 Å². The van der Waals surface area contributed by atoms with Crippen LogP contribution >= 0.6 is 11.3 Å². The molecule has 2 atom stereocenters. The Hall–Kier alpha value is -0.380. The van der Waals surface area contributed by atoms with E-state index in [1.54, 1.807) is 0 Å². The molecule has 1 fully saturated rings. The average Bonchev–Trinajstić information content (AvgIpc) is 2.74. The van der Waals surface area contributed by atoms with Crippen LogP contribution in [0.5, 0.6) is 0 Å². The molecule has 16 heavy (non-hydrogen) atoms. The van der Waals surface area contributed by atoms with E-state index in [4.69, 9.17) is 5.73 Å². The Morgan fingerprint density at radius 2 is 2.19 bits per heavy atom. The van der Waals surface area contributed by atoms with Crippen molar-refractivity contribution in [2.24, 2.45) is 5.73 Å². The van der Waals surface area contributed by atoms with Crippen LogP contribution < -0.4 is 11.1 Å². The van der Waals surface area contributed by atoms with Gasteiger partial charge in [0.05, 0.1) is 0 Å². The molecular formula is C13H22N2S. The molecule has 0 aromatic carbocycles. The fourth-order valence-corrected chi connectivity index (χ4v) is 3.27. The first kappa shape index (κ1) is 12.1. The highest BCUT2D eigenvalue weighted by Crippen LogP contribution is 2.20. The van der Waals surface area contributed by atoms with Crippen molar-refractivity contribution in [1.82, 2.24) is 5.32 Å². The molecule has 1 heterocycles. The lowest BCUT2D eigenvalue weighted by atomic mass is 9.92. The minimum absolute atomic E-state index is 0.417. The summed E-state index contributed by atoms with van der Waals surface area (Å²) in [5.74, 6) is 0. The minimum Gasteiger partial charge on any atom is -0.328 e. The average molecular weight is 238 g/mol. The molecule has 1 aromatic rings. The van der Waals surface area contributed by atoms with Gasteiger partial charge in [-0.2, -0.15) is 0 Å². The Labute approximate surface area is 102 Å². The van der Waals surface area contributed by atoms with Gasteiger partial charge in [0, 0.05) is 28.4 Å². The standard InChI is InChI=1S/C13H22N2S/c1-2-12-6-7-13(16-12)9-15-11-5-3-4-10(14)8-11/h6-7,10-11,15H,2-5,8-9,14H2,1H3. The zero-order valence-corrected chi connectivity index (χ0v) is 10.9. The molecule has 1 saturated carbocycles. The van der Waals surface area contributed by atoms with Crippen LogP contribution in [0.25, 0.3) is 0 Å². The zero-order chi connectivity index (χ0) is 11.4. The Kier molecular flexibility index (Phi) is 4.38. The van der Waals surface area contributed by atoms with Gasteiger partial charge in [-0.15, -0.1) is 11.3 Å². The fourth-order valence-electron chi connectivity index (χ4n) is 2.37. The molecule has 1 aliphatic carbocycles. The summed E-state index contributed by atoms with van der Waals surface area (Å²) in [6, 6.07) is 5.55. The number of hydrogen-bond donors (Lipinski definition) is 2. The van der Waals surface area contributed by atoms with Crippen molar-refractivity contribution < 1.29 is 0 Å². The first-order valence-corrected chi connectivity index (χ1v) is 7.16. The predicted octanol–water partition coefficient (Wildman–Crippen LogP) is 2.67. The summed E-state index contributed by atoms with van der Waals surface area (Å²) in [6.45, 7) is 3.23. The summed E-state index contributed by atoms with van der Waals surface area (Å²) >= 11 is 1.93. The molecule has 0 amide bonds. The van der Waals surface area contributed by atoms with Crippen LogP contribution in [0.3, 0.4) is 0 Å². The number of rotatable bonds is 4. The first-order valence-electron chi connectivity index (χ1n) is 6.34. The van der Waals surface area contributed by atoms with Crippen molar-refractivity contribution in [2.75, 3.05) is 0 Å². The SMILES string of the molecule is CCc1ccc(CNC2CCCC(N)C2)s1. The van der Waals surface area contributed by atoms with Gasteiger partial charge in [-0.25, -0.2) is 0 Å². The molecule has 0 bridgehead atoms. The molecule has 2 nitrogen and oxygen atoms in total. The van der Waals surface area contributed by atoms with Crippen LogP contribution in [-0.2, 0) is 13.0 Å². The normalized spacial score (nSPS) is 25.9. The summed E-state index contributed by atoms with van der Waals surface area (Å²) in [5, 5.41) is 3.64. The summed E-state index contributed by atoms with van der Waals surface area (Å²) in [5.41, 5.74) is 5.98. The molecular weight excluding hydrogens is 216 g/mol. The van der Waals surface area contributed by atoms with Gasteiger partial charge < -0.3 is 11.1 Å². The van der Waals surface area contributed by atoms with E-state index in [2.05, 4.69) is 24.4 Å². The van der Waals surface area contributed by atoms with Gasteiger partial charge in [-0.05, 0) is 37.8 Å². The maximum Gasteiger partial charge on any atom is 0.0302 e. The molecule has 3 N–H and O–H groups in total. The molecule has 0 aliphatic heterocycles. The number of nitrogens with two attached hydrogens (primary N) is 1. The predicted molar refractivity (Wildman–Crippen MR) is 70.8 cm³/mol. The van der Waals surface area contributed by atoms with E-state index in [1.807, 2.05) is 11.3 Å². The lowest BCUT2D eigenvalue weighted by Crippen LogP contribution is -2.38. The Morgan fingerprint density at radius 1 is 1.38 bits per heavy atom. The summed E-state index contributed by atoms with van der Waals surface area (Å²) in [4.78, 5) is 2.94. The van der Waals surface area contributed by atoms with Gasteiger partial charge in [-0.3, -0.25) is 0 Å². The highest BCUT2D eigenvalue weighted by molar-refractivity contribution is 7.11. The van der Waals surface area contributed by atoms with Gasteiger partial charge in [-0.1, -0.05) is 13.3 Å². The van der Waals surface area contributed by atoms with E-state index in [0.29, 0.717) is 12.1 Å². The molecule has 0 spiro atoms. The highest BCUT2D eigenvalue weighted by atomic mass is 32.1. The minimum atomic E-state index is 0.417. The van der Waals surface area contributed by atoms with E-state index in [9.17, 15) is 0 Å². The van der Waals surface area contributed by atoms with Crippen LogP contribution in [0.15, 0.2) is 12.1 Å². The highest BCUT2D eigenvalue weighted by Gasteiger charge is 2.18. The fraction of sp³-hybridized carbons (Fsp3) is 0.692. The first-order chi connectivity index (χ1) is 7.78. The van der Waals surface area contributed by atoms with Crippen molar-refractivity contribution >= 4 is 11.3 Å². The lowest BCUT2D eigenvalue weighted by Gasteiger charge is -2.27. The van der Waals surface area contributed by atoms with E-state index < -0.39 is 0 Å². The van der Waals surface area contributed by atoms with E-state index >= 15 is 0 Å². The topological polar surface area (TPSA) is 38.0 Å². The van der Waals surface area contributed by atoms with Crippen LogP contribution in [0.4, 0.5) is 0 Å². The second-order valence-corrected chi connectivity index (χ2v) is 5.98. The molecule has 2 rings (SSSR count). The van der Waals surface area contributed by atoms with Crippen molar-refractivity contribution in [3.05, 3.63) is 21.9 Å². The van der Waals surface area contributed by atoms with E-state index in [0.717, 1.165) is 19.4 Å². The molecule has 3 heteroatoms. The Morgan fingerprint density at radius 3 is 2.88 bits per heavy atom. The summed E-state index contributed by atoms with van der Waals surface area (Å²) < 4.78 is 0. The van der Waals surface area contributed by atoms with Crippen molar-refractivity contribution in [3.8, 4) is 0 Å². The van der Waals surface area contributed by atoms with Crippen LogP contribution in [0.2, 0.25) is 0 Å². The third-order valence-electron chi connectivity index (χ3n) is 3.35. The van der Waals surface area contributed by atoms with Gasteiger partial charge in [0.2, 0.25) is 0 Å². The Balaban J connectivity index is 1.78. The monoisotopic (exact) mass is 238 g/mol. The lowest BCUT2D eigenvalue weighted by molar-refractivity contribution is 0.339. The molecule has 1 aliphatic rings. The molecule has 0 radical (unpaired) electrons. The second-order valence-electron chi connectivity index (χ2n) is 4.73. The van der Waals surface area contributed by atoms with Crippen LogP contribution in [0, 0.1) is 0 Å². The zero-order valence-electron chi connectivity index (χ0n) is 10.0. The molecule has 1 aromatic heterocycles. The van der Waals surface area contributed by atoms with Gasteiger partial charge >= 0.3 is 0 Å². The largest absolute Gasteiger partial charge is 0.328 e. The third-order valence-corrected chi connectivity index (χ3v) is 4.58. The van der Waals surface area contributed by atoms with E-state index in [-0.39, 0.29) is 0 Å². The third kappa shape index (κ3) is 3.30. The van der Waals surface area contributed by atoms with Crippen LogP contribution in [-0.4, -0.2) is 12.1 Å². The van der Waals surface area contributed by atoms with Gasteiger partial charge in [0.25, 0.3) is 0 Å². The van der Waals surface area contributed by atoms with Crippen molar-refractivity contribution in [1.29, 1.82) is 0 Å². The quantitative estimate of drug-likeness (QED) is 0.846. The van der Waals surface area contributed by atoms with Gasteiger partial charge in [0.15, 0.2) is 0 Å². The van der Waals surface area contributed by atoms with Gasteiger partial charge in [0.1, 0.15) is 0 Å². The maximum atomic E-state index is 5.98. The second kappa shape index (κ2) is 5.80.